The topological polar surface area (TPSA) is 79.3 Å². The first-order chi connectivity index (χ1) is 19.0. The molecule has 2 saturated heterocycles. The van der Waals surface area contributed by atoms with Crippen LogP contribution in [0, 0.1) is 5.82 Å². The molecule has 2 aliphatic heterocycles. The van der Waals surface area contributed by atoms with Gasteiger partial charge in [0.2, 0.25) is 0 Å². The molecule has 0 bridgehead atoms. The summed E-state index contributed by atoms with van der Waals surface area (Å²) in [5.41, 5.74) is 1.91. The van der Waals surface area contributed by atoms with Crippen molar-refractivity contribution < 1.29 is 28.6 Å². The zero-order chi connectivity index (χ0) is 27.2. The molecule has 1 amide bonds. The lowest BCUT2D eigenvalue weighted by atomic mass is 9.95. The summed E-state index contributed by atoms with van der Waals surface area (Å²) in [4.78, 5) is 30.4. The Kier molecular flexibility index (Phi) is 8.34. The van der Waals surface area contributed by atoms with Gasteiger partial charge in [0.05, 0.1) is 24.8 Å². The number of carbonyl (C=O) groups is 2. The largest absolute Gasteiger partial charge is 0.507 e. The number of amides is 1. The first kappa shape index (κ1) is 26.6. The summed E-state index contributed by atoms with van der Waals surface area (Å²) in [5.74, 6) is -1.64. The lowest BCUT2D eigenvalue weighted by Crippen LogP contribution is -2.38. The van der Waals surface area contributed by atoms with E-state index in [-0.39, 0.29) is 16.9 Å². The van der Waals surface area contributed by atoms with Crippen LogP contribution in [0.15, 0.2) is 84.4 Å². The third-order valence-corrected chi connectivity index (χ3v) is 7.06. The lowest BCUT2D eigenvalue weighted by molar-refractivity contribution is -0.140. The number of aliphatic hydroxyl groups is 1. The molecular formula is C31H31FN2O5. The highest BCUT2D eigenvalue weighted by molar-refractivity contribution is 6.46. The maximum atomic E-state index is 13.5. The van der Waals surface area contributed by atoms with Crippen molar-refractivity contribution in [2.45, 2.75) is 19.1 Å². The molecule has 0 aromatic heterocycles. The fourth-order valence-corrected chi connectivity index (χ4v) is 5.03. The number of likely N-dealkylation sites (tertiary alicyclic amines) is 1. The molecule has 7 nitrogen and oxygen atoms in total. The number of ketones is 1. The Morgan fingerprint density at radius 3 is 2.44 bits per heavy atom. The molecule has 5 rings (SSSR count). The van der Waals surface area contributed by atoms with Crippen molar-refractivity contribution in [1.82, 2.24) is 9.80 Å². The van der Waals surface area contributed by atoms with E-state index < -0.39 is 23.5 Å². The zero-order valence-electron chi connectivity index (χ0n) is 21.6. The van der Waals surface area contributed by atoms with Gasteiger partial charge in [-0.25, -0.2) is 4.39 Å². The molecule has 2 aliphatic rings. The highest BCUT2D eigenvalue weighted by atomic mass is 19.1. The van der Waals surface area contributed by atoms with E-state index >= 15 is 0 Å². The van der Waals surface area contributed by atoms with Gasteiger partial charge in [0.25, 0.3) is 11.7 Å². The van der Waals surface area contributed by atoms with Crippen LogP contribution >= 0.6 is 0 Å². The predicted octanol–water partition coefficient (Wildman–Crippen LogP) is 4.55. The minimum absolute atomic E-state index is 0.0156. The molecule has 1 unspecified atom stereocenters. The summed E-state index contributed by atoms with van der Waals surface area (Å²) in [6, 6.07) is 21.4. The molecule has 0 radical (unpaired) electrons. The van der Waals surface area contributed by atoms with Crippen molar-refractivity contribution in [3.05, 3.63) is 107 Å². The number of hydrogen-bond donors (Lipinski definition) is 1. The first-order valence-electron chi connectivity index (χ1n) is 13.1. The number of aliphatic hydroxyl groups excluding tert-OH is 1. The number of nitrogens with zero attached hydrogens (tertiary/aromatic N) is 2. The number of Topliss-reactive ketones (excluding diaryl/α,β-unsaturated/α-hetero) is 1. The van der Waals surface area contributed by atoms with Crippen molar-refractivity contribution >= 4 is 17.4 Å². The van der Waals surface area contributed by atoms with Crippen LogP contribution in [0.5, 0.6) is 5.75 Å². The normalized spacial score (nSPS) is 19.4. The SMILES string of the molecule is O=C1C(=O)N(CCCN2CCOCC2)C(c2cccc(OCc3ccccc3)c2)C1=C(O)c1ccc(F)cc1. The summed E-state index contributed by atoms with van der Waals surface area (Å²) in [7, 11) is 0. The second-order valence-electron chi connectivity index (χ2n) is 9.65. The third kappa shape index (κ3) is 6.19. The summed E-state index contributed by atoms with van der Waals surface area (Å²) in [6.07, 6.45) is 0.657. The van der Waals surface area contributed by atoms with Gasteiger partial charge in [-0.1, -0.05) is 42.5 Å². The Morgan fingerprint density at radius 2 is 1.69 bits per heavy atom. The fraction of sp³-hybridized carbons (Fsp3) is 0.290. The Morgan fingerprint density at radius 1 is 0.949 bits per heavy atom. The Bertz CT molecular complexity index is 1340. The van der Waals surface area contributed by atoms with Gasteiger partial charge in [0.15, 0.2) is 0 Å². The van der Waals surface area contributed by atoms with Crippen molar-refractivity contribution in [2.24, 2.45) is 0 Å². The van der Waals surface area contributed by atoms with E-state index in [2.05, 4.69) is 4.90 Å². The summed E-state index contributed by atoms with van der Waals surface area (Å²) >= 11 is 0. The van der Waals surface area contributed by atoms with E-state index in [9.17, 15) is 19.1 Å². The Hall–Kier alpha value is -4.01. The average Bonchev–Trinajstić information content (AvgIpc) is 3.22. The van der Waals surface area contributed by atoms with Crippen LogP contribution in [0.1, 0.15) is 29.2 Å². The molecular weight excluding hydrogens is 499 g/mol. The number of halogens is 1. The quantitative estimate of drug-likeness (QED) is 0.249. The standard InChI is InChI=1S/C31H31FN2O5/c32-25-12-10-23(11-13-25)29(35)27-28(24-8-4-9-26(20-24)39-21-22-6-2-1-3-7-22)34(31(37)30(27)36)15-5-14-33-16-18-38-19-17-33/h1-4,6-13,20,28,35H,5,14-19,21H2. The van der Waals surface area contributed by atoms with E-state index in [1.54, 1.807) is 12.1 Å². The molecule has 0 aliphatic carbocycles. The Labute approximate surface area is 227 Å². The number of morpholine rings is 1. The van der Waals surface area contributed by atoms with Crippen LogP contribution in [0.2, 0.25) is 0 Å². The van der Waals surface area contributed by atoms with Gasteiger partial charge in [-0.3, -0.25) is 14.5 Å². The Balaban J connectivity index is 1.45. The van der Waals surface area contributed by atoms with Crippen LogP contribution in [0.25, 0.3) is 5.76 Å². The van der Waals surface area contributed by atoms with Crippen molar-refractivity contribution in [3.8, 4) is 5.75 Å². The van der Waals surface area contributed by atoms with E-state index in [1.165, 1.54) is 29.2 Å². The monoisotopic (exact) mass is 530 g/mol. The van der Waals surface area contributed by atoms with Gasteiger partial charge in [-0.05, 0) is 53.9 Å². The highest BCUT2D eigenvalue weighted by Crippen LogP contribution is 2.40. The van der Waals surface area contributed by atoms with E-state index in [1.807, 2.05) is 42.5 Å². The third-order valence-electron chi connectivity index (χ3n) is 7.06. The molecule has 3 aromatic carbocycles. The molecule has 202 valence electrons. The van der Waals surface area contributed by atoms with Gasteiger partial charge in [0.1, 0.15) is 23.9 Å². The van der Waals surface area contributed by atoms with Gasteiger partial charge in [-0.15, -0.1) is 0 Å². The second-order valence-corrected chi connectivity index (χ2v) is 9.65. The van der Waals surface area contributed by atoms with Crippen LogP contribution in [-0.2, 0) is 20.9 Å². The fourth-order valence-electron chi connectivity index (χ4n) is 5.03. The minimum Gasteiger partial charge on any atom is -0.507 e. The van der Waals surface area contributed by atoms with Crippen molar-refractivity contribution in [1.29, 1.82) is 0 Å². The van der Waals surface area contributed by atoms with Gasteiger partial charge >= 0.3 is 0 Å². The zero-order valence-corrected chi connectivity index (χ0v) is 21.6. The minimum atomic E-state index is -0.806. The van der Waals surface area contributed by atoms with Crippen molar-refractivity contribution in [3.63, 3.8) is 0 Å². The summed E-state index contributed by atoms with van der Waals surface area (Å²) in [5, 5.41) is 11.2. The van der Waals surface area contributed by atoms with Crippen LogP contribution in [-0.4, -0.2) is 66.0 Å². The molecule has 0 spiro atoms. The van der Waals surface area contributed by atoms with Gasteiger partial charge in [0, 0.05) is 31.7 Å². The molecule has 0 saturated carbocycles. The number of rotatable bonds is 9. The van der Waals surface area contributed by atoms with Crippen LogP contribution in [0.3, 0.4) is 0 Å². The van der Waals surface area contributed by atoms with E-state index in [4.69, 9.17) is 9.47 Å². The van der Waals surface area contributed by atoms with E-state index in [0.29, 0.717) is 44.1 Å². The molecule has 3 aromatic rings. The summed E-state index contributed by atoms with van der Waals surface area (Å²) in [6.45, 7) is 4.47. The molecule has 1 atom stereocenters. The number of carbonyl (C=O) groups excluding carboxylic acids is 2. The molecule has 2 heterocycles. The molecule has 8 heteroatoms. The molecule has 39 heavy (non-hydrogen) atoms. The van der Waals surface area contributed by atoms with E-state index in [0.717, 1.165) is 25.2 Å². The summed E-state index contributed by atoms with van der Waals surface area (Å²) < 4.78 is 25.0. The number of benzene rings is 3. The average molecular weight is 531 g/mol. The first-order valence-corrected chi connectivity index (χ1v) is 13.1. The predicted molar refractivity (Wildman–Crippen MR) is 145 cm³/mol. The van der Waals surface area contributed by atoms with Crippen LogP contribution in [0.4, 0.5) is 4.39 Å². The van der Waals surface area contributed by atoms with Crippen molar-refractivity contribution in [2.75, 3.05) is 39.4 Å². The number of hydrogen-bond acceptors (Lipinski definition) is 6. The smallest absolute Gasteiger partial charge is 0.295 e. The molecule has 2 fully saturated rings. The van der Waals surface area contributed by atoms with Crippen LogP contribution < -0.4 is 4.74 Å². The van der Waals surface area contributed by atoms with Gasteiger partial charge < -0.3 is 19.5 Å². The molecule has 1 N–H and O–H groups in total. The number of ether oxygens (including phenoxy) is 2. The van der Waals surface area contributed by atoms with Gasteiger partial charge in [-0.2, -0.15) is 0 Å². The highest BCUT2D eigenvalue weighted by Gasteiger charge is 2.46. The maximum Gasteiger partial charge on any atom is 0.295 e. The second kappa shape index (κ2) is 12.2. The lowest BCUT2D eigenvalue weighted by Gasteiger charge is -2.29. The maximum absolute atomic E-state index is 13.5.